The number of nitrogens with zero attached hydrogens (tertiary/aromatic N) is 4. The maximum absolute atomic E-state index is 14.1. The second-order valence-electron chi connectivity index (χ2n) is 9.83. The highest BCUT2D eigenvalue weighted by atomic mass is 19.1. The minimum atomic E-state index is -0.187. The molecular formula is C27H37FN4O2. The van der Waals surface area contributed by atoms with Crippen molar-refractivity contribution in [3.8, 4) is 0 Å². The Kier molecular flexibility index (Phi) is 7.50. The van der Waals surface area contributed by atoms with Crippen molar-refractivity contribution in [2.45, 2.75) is 50.6 Å². The van der Waals surface area contributed by atoms with Crippen molar-refractivity contribution in [2.75, 3.05) is 60.7 Å². The maximum atomic E-state index is 14.1. The molecular weight excluding hydrogens is 431 g/mol. The number of pyridine rings is 1. The number of aliphatic hydroxyl groups is 1. The van der Waals surface area contributed by atoms with Gasteiger partial charge in [-0.3, -0.25) is 0 Å². The fraction of sp³-hybridized carbons (Fsp3) is 0.593. The summed E-state index contributed by atoms with van der Waals surface area (Å²) in [6.07, 6.45) is 8.89. The van der Waals surface area contributed by atoms with Crippen LogP contribution in [0.3, 0.4) is 0 Å². The molecule has 4 heterocycles. The van der Waals surface area contributed by atoms with E-state index in [2.05, 4.69) is 26.8 Å². The quantitative estimate of drug-likeness (QED) is 0.589. The molecule has 0 amide bonds. The average molecular weight is 469 g/mol. The highest BCUT2D eigenvalue weighted by Crippen LogP contribution is 2.41. The summed E-state index contributed by atoms with van der Waals surface area (Å²) in [5, 5.41) is 9.10. The lowest BCUT2D eigenvalue weighted by Gasteiger charge is -2.43. The number of hydrogen-bond donors (Lipinski definition) is 1. The molecule has 34 heavy (non-hydrogen) atoms. The van der Waals surface area contributed by atoms with E-state index in [0.717, 1.165) is 56.9 Å². The van der Waals surface area contributed by atoms with Gasteiger partial charge >= 0.3 is 0 Å². The fourth-order valence-electron chi connectivity index (χ4n) is 6.20. The normalized spacial score (nSPS) is 25.0. The molecule has 7 heteroatoms. The largest absolute Gasteiger partial charge is 0.394 e. The molecule has 3 fully saturated rings. The Morgan fingerprint density at radius 2 is 1.85 bits per heavy atom. The number of piperidine rings is 2. The van der Waals surface area contributed by atoms with Gasteiger partial charge in [-0.25, -0.2) is 9.37 Å². The minimum absolute atomic E-state index is 0.0471. The van der Waals surface area contributed by atoms with Gasteiger partial charge in [0.05, 0.1) is 25.3 Å². The molecule has 0 saturated carbocycles. The molecule has 3 aliphatic rings. The van der Waals surface area contributed by atoms with Gasteiger partial charge in [-0.2, -0.15) is 0 Å². The lowest BCUT2D eigenvalue weighted by atomic mass is 9.88. The molecule has 1 aromatic heterocycles. The van der Waals surface area contributed by atoms with E-state index in [1.54, 1.807) is 6.07 Å². The molecule has 184 valence electrons. The number of anilines is 3. The minimum Gasteiger partial charge on any atom is -0.394 e. The molecule has 1 aromatic carbocycles. The topological polar surface area (TPSA) is 52.1 Å². The van der Waals surface area contributed by atoms with Gasteiger partial charge in [0.15, 0.2) is 0 Å². The Bertz CT molecular complexity index is 938. The van der Waals surface area contributed by atoms with Gasteiger partial charge < -0.3 is 24.5 Å². The van der Waals surface area contributed by atoms with Crippen LogP contribution in [0.4, 0.5) is 21.6 Å². The van der Waals surface area contributed by atoms with Gasteiger partial charge in [-0.1, -0.05) is 6.07 Å². The third-order valence-electron chi connectivity index (χ3n) is 7.72. The van der Waals surface area contributed by atoms with Crippen LogP contribution in [0.15, 0.2) is 42.6 Å². The molecule has 0 bridgehead atoms. The zero-order valence-electron chi connectivity index (χ0n) is 20.0. The first-order chi connectivity index (χ1) is 16.7. The van der Waals surface area contributed by atoms with E-state index in [0.29, 0.717) is 25.2 Å². The van der Waals surface area contributed by atoms with Gasteiger partial charge in [0.1, 0.15) is 11.6 Å². The SMILES string of the molecule is OCCOCC[C@H]1CN(c2cc(N3CCCCC3)ccn2)[C@@H]2CCCN(c3cccc(F)c3)[C@H]12. The molecule has 3 aliphatic heterocycles. The molecule has 3 atom stereocenters. The molecule has 6 nitrogen and oxygen atoms in total. The fourth-order valence-corrected chi connectivity index (χ4v) is 6.20. The first kappa shape index (κ1) is 23.4. The molecule has 1 N–H and O–H groups in total. The Balaban J connectivity index is 1.41. The number of rotatable bonds is 8. The summed E-state index contributed by atoms with van der Waals surface area (Å²) in [4.78, 5) is 12.2. The van der Waals surface area contributed by atoms with E-state index >= 15 is 0 Å². The van der Waals surface area contributed by atoms with E-state index in [9.17, 15) is 4.39 Å². The van der Waals surface area contributed by atoms with Gasteiger partial charge in [0.2, 0.25) is 0 Å². The monoisotopic (exact) mass is 468 g/mol. The molecule has 0 radical (unpaired) electrons. The van der Waals surface area contributed by atoms with Crippen LogP contribution in [-0.4, -0.2) is 68.2 Å². The van der Waals surface area contributed by atoms with E-state index in [1.165, 1.54) is 31.0 Å². The van der Waals surface area contributed by atoms with Crippen LogP contribution in [-0.2, 0) is 4.74 Å². The molecule has 2 aromatic rings. The Morgan fingerprint density at radius 1 is 0.971 bits per heavy atom. The molecule has 3 saturated heterocycles. The Labute approximate surface area is 202 Å². The van der Waals surface area contributed by atoms with Crippen LogP contribution in [0.25, 0.3) is 0 Å². The average Bonchev–Trinajstić information content (AvgIpc) is 3.26. The third kappa shape index (κ3) is 5.01. The highest BCUT2D eigenvalue weighted by molar-refractivity contribution is 5.58. The highest BCUT2D eigenvalue weighted by Gasteiger charge is 2.47. The second kappa shape index (κ2) is 10.9. The summed E-state index contributed by atoms with van der Waals surface area (Å²) < 4.78 is 19.8. The van der Waals surface area contributed by atoms with Crippen molar-refractivity contribution in [1.82, 2.24) is 4.98 Å². The first-order valence-electron chi connectivity index (χ1n) is 12.9. The third-order valence-corrected chi connectivity index (χ3v) is 7.72. The van der Waals surface area contributed by atoms with Gasteiger partial charge in [0, 0.05) is 62.3 Å². The van der Waals surface area contributed by atoms with Crippen molar-refractivity contribution < 1.29 is 14.2 Å². The maximum Gasteiger partial charge on any atom is 0.130 e. The zero-order chi connectivity index (χ0) is 23.3. The number of benzene rings is 1. The van der Waals surface area contributed by atoms with E-state index in [1.807, 2.05) is 18.3 Å². The number of aliphatic hydroxyl groups excluding tert-OH is 1. The number of fused-ring (bicyclic) bond motifs is 1. The molecule has 0 aliphatic carbocycles. The van der Waals surface area contributed by atoms with Crippen LogP contribution < -0.4 is 14.7 Å². The van der Waals surface area contributed by atoms with Crippen LogP contribution in [0.1, 0.15) is 38.5 Å². The lowest BCUT2D eigenvalue weighted by Crippen LogP contribution is -2.52. The number of hydrogen-bond acceptors (Lipinski definition) is 6. The van der Waals surface area contributed by atoms with Crippen molar-refractivity contribution >= 4 is 17.2 Å². The van der Waals surface area contributed by atoms with Gasteiger partial charge in [-0.05, 0) is 62.8 Å². The number of aromatic nitrogens is 1. The van der Waals surface area contributed by atoms with Crippen LogP contribution in [0.2, 0.25) is 0 Å². The van der Waals surface area contributed by atoms with Crippen LogP contribution in [0.5, 0.6) is 0 Å². The number of halogens is 1. The summed E-state index contributed by atoms with van der Waals surface area (Å²) in [5.41, 5.74) is 2.24. The van der Waals surface area contributed by atoms with E-state index in [4.69, 9.17) is 14.8 Å². The zero-order valence-corrected chi connectivity index (χ0v) is 20.0. The summed E-state index contributed by atoms with van der Waals surface area (Å²) in [5.74, 6) is 1.25. The van der Waals surface area contributed by atoms with Gasteiger partial charge in [-0.15, -0.1) is 0 Å². The van der Waals surface area contributed by atoms with Crippen molar-refractivity contribution in [2.24, 2.45) is 5.92 Å². The summed E-state index contributed by atoms with van der Waals surface area (Å²) in [6, 6.07) is 12.1. The first-order valence-corrected chi connectivity index (χ1v) is 12.9. The molecule has 5 rings (SSSR count). The van der Waals surface area contributed by atoms with Gasteiger partial charge in [0.25, 0.3) is 0 Å². The van der Waals surface area contributed by atoms with E-state index in [-0.39, 0.29) is 18.5 Å². The summed E-state index contributed by atoms with van der Waals surface area (Å²) >= 11 is 0. The Hall–Kier alpha value is -2.38. The van der Waals surface area contributed by atoms with Crippen molar-refractivity contribution in [1.29, 1.82) is 0 Å². The summed E-state index contributed by atoms with van der Waals surface area (Å²) in [6.45, 7) is 5.14. The molecule has 0 spiro atoms. The predicted octanol–water partition coefficient (Wildman–Crippen LogP) is 4.08. The van der Waals surface area contributed by atoms with E-state index < -0.39 is 0 Å². The smallest absolute Gasteiger partial charge is 0.130 e. The second-order valence-corrected chi connectivity index (χ2v) is 9.83. The molecule has 0 unspecified atom stereocenters. The Morgan fingerprint density at radius 3 is 2.68 bits per heavy atom. The van der Waals surface area contributed by atoms with Crippen molar-refractivity contribution in [3.05, 3.63) is 48.4 Å². The lowest BCUT2D eigenvalue weighted by molar-refractivity contribution is 0.0824. The number of ether oxygens (including phenoxy) is 1. The van der Waals surface area contributed by atoms with Crippen LogP contribution in [0, 0.1) is 11.7 Å². The predicted molar refractivity (Wildman–Crippen MR) is 134 cm³/mol. The van der Waals surface area contributed by atoms with Crippen LogP contribution >= 0.6 is 0 Å². The summed E-state index contributed by atoms with van der Waals surface area (Å²) in [7, 11) is 0. The van der Waals surface area contributed by atoms with Crippen molar-refractivity contribution in [3.63, 3.8) is 0 Å². The standard InChI is InChI=1S/C27H37FN4O2/c28-22-6-4-7-24(18-22)31-14-5-8-25-27(31)21(10-16-34-17-15-33)20-32(25)26-19-23(9-11-29-26)30-12-2-1-3-13-30/h4,6-7,9,11,18-19,21,25,27,33H,1-3,5,8,10,12-17,20H2/t21-,25+,27+/m0/s1.